The number of halogens is 3. The number of carboxylic acid groups (broad SMARTS) is 1. The van der Waals surface area contributed by atoms with Crippen LogP contribution in [0.2, 0.25) is 18.1 Å². The predicted octanol–water partition coefficient (Wildman–Crippen LogP) is 4.44. The van der Waals surface area contributed by atoms with Gasteiger partial charge >= 0.3 is 12.1 Å². The minimum Gasteiger partial charge on any atom is -0.480 e. The predicted molar refractivity (Wildman–Crippen MR) is 93.0 cm³/mol. The molecular formula is C17H26F3NO3Si. The summed E-state index contributed by atoms with van der Waals surface area (Å²) in [6.07, 6.45) is -5.32. The summed E-state index contributed by atoms with van der Waals surface area (Å²) in [7, 11) is -0.861. The van der Waals surface area contributed by atoms with Gasteiger partial charge in [0, 0.05) is 0 Å². The lowest BCUT2D eigenvalue weighted by molar-refractivity contribution is -0.142. The van der Waals surface area contributed by atoms with Crippen LogP contribution in [0.25, 0.3) is 0 Å². The van der Waals surface area contributed by atoms with E-state index < -0.39 is 38.2 Å². The van der Waals surface area contributed by atoms with E-state index in [9.17, 15) is 23.1 Å². The minimum atomic E-state index is -4.44. The number of likely N-dealkylation sites (N-methyl/N-ethyl adjacent to an activating group) is 1. The highest BCUT2D eigenvalue weighted by Crippen LogP contribution is 2.41. The number of aliphatic carboxylic acids is 1. The third-order valence-corrected chi connectivity index (χ3v) is 9.13. The molecule has 0 unspecified atom stereocenters. The number of hydrogen-bond donors (Lipinski definition) is 2. The van der Waals surface area contributed by atoms with E-state index >= 15 is 0 Å². The van der Waals surface area contributed by atoms with Gasteiger partial charge in [0.15, 0.2) is 8.32 Å². The van der Waals surface area contributed by atoms with E-state index in [2.05, 4.69) is 5.32 Å². The average molecular weight is 377 g/mol. The SMILES string of the molecule is CN[C@H](C(=O)O)[C@H](O[Si](C)(C)C(C)(C)C)c1ccc(C(F)(F)F)cc1. The number of alkyl halides is 3. The molecule has 0 fully saturated rings. The van der Waals surface area contributed by atoms with Crippen molar-refractivity contribution in [2.24, 2.45) is 0 Å². The quantitative estimate of drug-likeness (QED) is 0.720. The van der Waals surface area contributed by atoms with Crippen molar-refractivity contribution in [3.63, 3.8) is 0 Å². The zero-order valence-corrected chi connectivity index (χ0v) is 16.4. The third-order valence-electron chi connectivity index (χ3n) is 4.67. The Balaban J connectivity index is 3.30. The van der Waals surface area contributed by atoms with Gasteiger partial charge in [-0.2, -0.15) is 13.2 Å². The number of benzene rings is 1. The van der Waals surface area contributed by atoms with E-state index in [0.29, 0.717) is 5.56 Å². The normalized spacial score (nSPS) is 15.7. The van der Waals surface area contributed by atoms with Gasteiger partial charge in [0.1, 0.15) is 6.04 Å². The van der Waals surface area contributed by atoms with Crippen LogP contribution in [0.1, 0.15) is 38.0 Å². The first-order valence-corrected chi connectivity index (χ1v) is 10.9. The van der Waals surface area contributed by atoms with Crippen molar-refractivity contribution in [2.75, 3.05) is 7.05 Å². The molecule has 25 heavy (non-hydrogen) atoms. The molecule has 1 aromatic carbocycles. The van der Waals surface area contributed by atoms with Crippen LogP contribution in [0.4, 0.5) is 13.2 Å². The average Bonchev–Trinajstić information content (AvgIpc) is 2.44. The monoisotopic (exact) mass is 377 g/mol. The second kappa shape index (κ2) is 7.47. The van der Waals surface area contributed by atoms with Gasteiger partial charge < -0.3 is 14.8 Å². The second-order valence-electron chi connectivity index (χ2n) is 7.52. The van der Waals surface area contributed by atoms with E-state index in [-0.39, 0.29) is 5.04 Å². The molecule has 2 N–H and O–H groups in total. The summed E-state index contributed by atoms with van der Waals surface area (Å²) < 4.78 is 44.6. The number of carboxylic acids is 1. The molecule has 8 heteroatoms. The number of hydrogen-bond acceptors (Lipinski definition) is 3. The second-order valence-corrected chi connectivity index (χ2v) is 12.3. The molecule has 0 saturated heterocycles. The molecule has 0 aromatic heterocycles. The van der Waals surface area contributed by atoms with Gasteiger partial charge in [0.2, 0.25) is 0 Å². The van der Waals surface area contributed by atoms with E-state index in [4.69, 9.17) is 4.43 Å². The van der Waals surface area contributed by atoms with E-state index in [0.717, 1.165) is 12.1 Å². The molecule has 0 spiro atoms. The Morgan fingerprint density at radius 2 is 1.64 bits per heavy atom. The largest absolute Gasteiger partial charge is 0.480 e. The van der Waals surface area contributed by atoms with Gasteiger partial charge in [-0.1, -0.05) is 32.9 Å². The van der Waals surface area contributed by atoms with Gasteiger partial charge in [-0.05, 0) is 42.9 Å². The van der Waals surface area contributed by atoms with Crippen LogP contribution in [-0.4, -0.2) is 32.5 Å². The van der Waals surface area contributed by atoms with Crippen LogP contribution < -0.4 is 5.32 Å². The fourth-order valence-electron chi connectivity index (χ4n) is 2.09. The highest BCUT2D eigenvalue weighted by Gasteiger charge is 2.42. The van der Waals surface area contributed by atoms with Crippen molar-refractivity contribution in [1.82, 2.24) is 5.32 Å². The maximum absolute atomic E-state index is 12.8. The van der Waals surface area contributed by atoms with Gasteiger partial charge in [0.05, 0.1) is 11.7 Å². The van der Waals surface area contributed by atoms with Gasteiger partial charge in [0.25, 0.3) is 0 Å². The minimum absolute atomic E-state index is 0.173. The van der Waals surface area contributed by atoms with Gasteiger partial charge in [-0.25, -0.2) is 0 Å². The van der Waals surface area contributed by atoms with Crippen molar-refractivity contribution in [2.45, 2.75) is 57.2 Å². The molecule has 1 aromatic rings. The van der Waals surface area contributed by atoms with Crippen LogP contribution >= 0.6 is 0 Å². The molecule has 0 bridgehead atoms. The third kappa shape index (κ3) is 5.29. The summed E-state index contributed by atoms with van der Waals surface area (Å²) in [6.45, 7) is 9.98. The Hall–Kier alpha value is -1.38. The summed E-state index contributed by atoms with van der Waals surface area (Å²) in [5, 5.41) is 12.0. The maximum atomic E-state index is 12.8. The highest BCUT2D eigenvalue weighted by atomic mass is 28.4. The fourth-order valence-corrected chi connectivity index (χ4v) is 3.35. The Morgan fingerprint density at radius 3 is 1.96 bits per heavy atom. The van der Waals surface area contributed by atoms with Crippen molar-refractivity contribution >= 4 is 14.3 Å². The molecule has 0 aliphatic carbocycles. The van der Waals surface area contributed by atoms with Crippen molar-refractivity contribution in [3.05, 3.63) is 35.4 Å². The Kier molecular flexibility index (Phi) is 6.47. The van der Waals surface area contributed by atoms with Crippen molar-refractivity contribution in [1.29, 1.82) is 0 Å². The number of carbonyl (C=O) groups is 1. The molecule has 0 aliphatic heterocycles. The number of rotatable bonds is 6. The summed E-state index contributed by atoms with van der Waals surface area (Å²) >= 11 is 0. The van der Waals surface area contributed by atoms with E-state index in [1.54, 1.807) is 0 Å². The molecule has 0 aliphatic rings. The molecule has 4 nitrogen and oxygen atoms in total. The molecule has 0 amide bonds. The molecule has 0 heterocycles. The van der Waals surface area contributed by atoms with Crippen LogP contribution in [-0.2, 0) is 15.4 Å². The molecule has 0 radical (unpaired) electrons. The van der Waals surface area contributed by atoms with Crippen LogP contribution in [0.5, 0.6) is 0 Å². The lowest BCUT2D eigenvalue weighted by Crippen LogP contribution is -2.48. The standard InChI is InChI=1S/C17H26F3NO3Si/c1-16(2,3)25(5,6)24-14(13(21-4)15(22)23)11-7-9-12(10-8-11)17(18,19)20/h7-10,13-14,21H,1-6H3,(H,22,23)/t13-,14+/m0/s1. The summed E-state index contributed by atoms with van der Waals surface area (Å²) in [5.41, 5.74) is -0.377. The molecule has 0 saturated carbocycles. The molecule has 1 rings (SSSR count). The fraction of sp³-hybridized carbons (Fsp3) is 0.588. The van der Waals surface area contributed by atoms with Crippen LogP contribution in [0.3, 0.4) is 0 Å². The van der Waals surface area contributed by atoms with Gasteiger partial charge in [-0.3, -0.25) is 4.79 Å². The molecule has 142 valence electrons. The van der Waals surface area contributed by atoms with E-state index in [1.807, 2.05) is 33.9 Å². The van der Waals surface area contributed by atoms with E-state index in [1.165, 1.54) is 19.2 Å². The Morgan fingerprint density at radius 1 is 1.16 bits per heavy atom. The zero-order chi connectivity index (χ0) is 19.6. The van der Waals surface area contributed by atoms with Crippen LogP contribution in [0, 0.1) is 0 Å². The zero-order valence-electron chi connectivity index (χ0n) is 15.4. The Bertz CT molecular complexity index is 595. The first-order valence-electron chi connectivity index (χ1n) is 7.96. The number of nitrogens with one attached hydrogen (secondary N) is 1. The molecular weight excluding hydrogens is 351 g/mol. The highest BCUT2D eigenvalue weighted by molar-refractivity contribution is 6.74. The lowest BCUT2D eigenvalue weighted by Gasteiger charge is -2.40. The summed E-state index contributed by atoms with van der Waals surface area (Å²) in [5.74, 6) is -1.12. The first-order chi connectivity index (χ1) is 11.2. The molecule has 2 atom stereocenters. The first kappa shape index (κ1) is 21.7. The van der Waals surface area contributed by atoms with Gasteiger partial charge in [-0.15, -0.1) is 0 Å². The maximum Gasteiger partial charge on any atom is 0.416 e. The Labute approximate surface area is 147 Å². The smallest absolute Gasteiger partial charge is 0.416 e. The van der Waals surface area contributed by atoms with Crippen LogP contribution in [0.15, 0.2) is 24.3 Å². The van der Waals surface area contributed by atoms with Crippen molar-refractivity contribution < 1.29 is 27.5 Å². The summed E-state index contributed by atoms with van der Waals surface area (Å²) in [4.78, 5) is 11.6. The topological polar surface area (TPSA) is 58.6 Å². The summed E-state index contributed by atoms with van der Waals surface area (Å²) in [6, 6.07) is 3.41. The van der Waals surface area contributed by atoms with Crippen molar-refractivity contribution in [3.8, 4) is 0 Å². The lowest BCUT2D eigenvalue weighted by atomic mass is 10.0.